The Kier molecular flexibility index (Phi) is 8.10. The number of nitrogens with zero attached hydrogens (tertiary/aromatic N) is 2. The number of amides is 2. The van der Waals surface area contributed by atoms with Crippen LogP contribution in [0, 0.1) is 6.92 Å². The minimum absolute atomic E-state index is 0.0244. The van der Waals surface area contributed by atoms with E-state index in [2.05, 4.69) is 24.1 Å². The van der Waals surface area contributed by atoms with E-state index in [-0.39, 0.29) is 24.1 Å². The molecule has 0 saturated carbocycles. The van der Waals surface area contributed by atoms with Gasteiger partial charge in [0.15, 0.2) is 0 Å². The summed E-state index contributed by atoms with van der Waals surface area (Å²) in [6.07, 6.45) is 3.50. The van der Waals surface area contributed by atoms with Crippen LogP contribution in [0.1, 0.15) is 38.7 Å². The number of aryl methyl sites for hydroxylation is 1. The van der Waals surface area contributed by atoms with Crippen LogP contribution in [0.2, 0.25) is 0 Å². The van der Waals surface area contributed by atoms with Crippen molar-refractivity contribution in [3.8, 4) is 0 Å². The molecule has 1 aliphatic rings. The number of likely N-dealkylation sites (N-methyl/N-ethyl adjacent to an activating group) is 1. The van der Waals surface area contributed by atoms with Gasteiger partial charge >= 0.3 is 0 Å². The quantitative estimate of drug-likeness (QED) is 0.755. The molecule has 5 nitrogen and oxygen atoms in total. The highest BCUT2D eigenvalue weighted by Gasteiger charge is 2.27. The van der Waals surface area contributed by atoms with Gasteiger partial charge in [-0.05, 0) is 52.2 Å². The van der Waals surface area contributed by atoms with Gasteiger partial charge in [0.05, 0.1) is 12.3 Å². The molecule has 0 radical (unpaired) electrons. The number of anilines is 1. The van der Waals surface area contributed by atoms with E-state index in [1.807, 2.05) is 31.2 Å². The third-order valence-electron chi connectivity index (χ3n) is 4.87. The van der Waals surface area contributed by atoms with Gasteiger partial charge in [-0.25, -0.2) is 0 Å². The minimum Gasteiger partial charge on any atom is -0.352 e. The lowest BCUT2D eigenvalue weighted by atomic mass is 9.99. The molecule has 0 aromatic heterocycles. The van der Waals surface area contributed by atoms with Gasteiger partial charge in [-0.3, -0.25) is 9.59 Å². The predicted octanol–water partition coefficient (Wildman–Crippen LogP) is 3.67. The first-order valence-corrected chi connectivity index (χ1v) is 10.7. The molecule has 7 heteroatoms. The fourth-order valence-electron chi connectivity index (χ4n) is 3.23. The average Bonchev–Trinajstić information content (AvgIpc) is 2.61. The van der Waals surface area contributed by atoms with E-state index >= 15 is 0 Å². The van der Waals surface area contributed by atoms with Crippen molar-refractivity contribution in [1.82, 2.24) is 9.80 Å². The number of nitrogens with one attached hydrogen (secondary N) is 1. The van der Waals surface area contributed by atoms with Crippen molar-refractivity contribution in [2.45, 2.75) is 52.1 Å². The Morgan fingerprint density at radius 2 is 1.81 bits per heavy atom. The first-order valence-electron chi connectivity index (χ1n) is 9.33. The lowest BCUT2D eigenvalue weighted by molar-refractivity contribution is -0.131. The maximum Gasteiger partial charge on any atom is 0.243 e. The molecule has 27 heavy (non-hydrogen) atoms. The molecule has 2 atom stereocenters. The van der Waals surface area contributed by atoms with E-state index in [0.717, 1.165) is 28.4 Å². The highest BCUT2D eigenvalue weighted by Crippen LogP contribution is 2.26. The van der Waals surface area contributed by atoms with Crippen LogP contribution in [-0.2, 0) is 9.59 Å². The fourth-order valence-corrected chi connectivity index (χ4v) is 4.74. The number of thiocarbonyl (C=S) groups is 1. The van der Waals surface area contributed by atoms with Crippen LogP contribution in [0.15, 0.2) is 24.3 Å². The molecule has 1 aromatic rings. The van der Waals surface area contributed by atoms with Gasteiger partial charge in [0.1, 0.15) is 4.32 Å². The lowest BCUT2D eigenvalue weighted by Crippen LogP contribution is -2.46. The van der Waals surface area contributed by atoms with Crippen molar-refractivity contribution in [3.05, 3.63) is 29.8 Å². The highest BCUT2D eigenvalue weighted by atomic mass is 32.2. The summed E-state index contributed by atoms with van der Waals surface area (Å²) < 4.78 is 0.778. The number of carbonyl (C=O) groups excluding carboxylic acids is 2. The van der Waals surface area contributed by atoms with Crippen molar-refractivity contribution in [2.24, 2.45) is 0 Å². The number of benzene rings is 1. The smallest absolute Gasteiger partial charge is 0.243 e. The lowest BCUT2D eigenvalue weighted by Gasteiger charge is -2.40. The second kappa shape index (κ2) is 10.1. The third kappa shape index (κ3) is 6.50. The Hall–Kier alpha value is -1.60. The van der Waals surface area contributed by atoms with Crippen LogP contribution < -0.4 is 5.32 Å². The molecule has 1 aromatic carbocycles. The number of carbonyl (C=O) groups is 2. The monoisotopic (exact) mass is 407 g/mol. The fraction of sp³-hybridized carbons (Fsp3) is 0.550. The summed E-state index contributed by atoms with van der Waals surface area (Å²) in [5.41, 5.74) is 1.86. The molecule has 1 aliphatic heterocycles. The average molecular weight is 408 g/mol. The molecule has 148 valence electrons. The maximum absolute atomic E-state index is 12.4. The van der Waals surface area contributed by atoms with E-state index in [1.54, 1.807) is 7.05 Å². The summed E-state index contributed by atoms with van der Waals surface area (Å²) in [4.78, 5) is 28.2. The number of rotatable bonds is 5. The van der Waals surface area contributed by atoms with Crippen molar-refractivity contribution in [3.63, 3.8) is 0 Å². The molecule has 0 bridgehead atoms. The van der Waals surface area contributed by atoms with Crippen molar-refractivity contribution >= 4 is 45.8 Å². The zero-order chi connectivity index (χ0) is 20.0. The van der Waals surface area contributed by atoms with Crippen LogP contribution >= 0.6 is 24.0 Å². The van der Waals surface area contributed by atoms with Gasteiger partial charge in [-0.1, -0.05) is 41.7 Å². The summed E-state index contributed by atoms with van der Waals surface area (Å²) >= 11 is 6.95. The zero-order valence-corrected chi connectivity index (χ0v) is 18.2. The molecule has 2 rings (SSSR count). The van der Waals surface area contributed by atoms with E-state index < -0.39 is 0 Å². The van der Waals surface area contributed by atoms with Gasteiger partial charge in [0.25, 0.3) is 0 Å². The topological polar surface area (TPSA) is 52.7 Å². The van der Waals surface area contributed by atoms with Gasteiger partial charge in [0.2, 0.25) is 11.8 Å². The Labute approximate surface area is 171 Å². The maximum atomic E-state index is 12.4. The summed E-state index contributed by atoms with van der Waals surface area (Å²) in [7, 11) is 1.65. The largest absolute Gasteiger partial charge is 0.352 e. The third-order valence-corrected chi connectivity index (χ3v) is 6.28. The van der Waals surface area contributed by atoms with Gasteiger partial charge in [-0.2, -0.15) is 0 Å². The number of hydrogen-bond acceptors (Lipinski definition) is 4. The SMILES string of the molecule is Cc1ccc(NC(=O)CN(C)C(=O)CSC(=S)N2[C@H](C)CCC[C@@H]2C)cc1. The van der Waals surface area contributed by atoms with Crippen molar-refractivity contribution in [1.29, 1.82) is 0 Å². The van der Waals surface area contributed by atoms with Crippen LogP contribution in [0.25, 0.3) is 0 Å². The van der Waals surface area contributed by atoms with E-state index in [0.29, 0.717) is 12.1 Å². The molecule has 1 fully saturated rings. The predicted molar refractivity (Wildman–Crippen MR) is 117 cm³/mol. The molecule has 0 spiro atoms. The minimum atomic E-state index is -0.208. The molecule has 1 heterocycles. The van der Waals surface area contributed by atoms with Crippen LogP contribution in [0.3, 0.4) is 0 Å². The molecular formula is C20H29N3O2S2. The van der Waals surface area contributed by atoms with Crippen LogP contribution in [0.5, 0.6) is 0 Å². The number of piperidine rings is 1. The second-order valence-electron chi connectivity index (χ2n) is 7.25. The van der Waals surface area contributed by atoms with Crippen molar-refractivity contribution in [2.75, 3.05) is 24.7 Å². The molecule has 1 saturated heterocycles. The summed E-state index contributed by atoms with van der Waals surface area (Å²) in [6.45, 7) is 6.39. The van der Waals surface area contributed by atoms with E-state index in [4.69, 9.17) is 12.2 Å². The first kappa shape index (κ1) is 21.7. The van der Waals surface area contributed by atoms with Crippen molar-refractivity contribution < 1.29 is 9.59 Å². The van der Waals surface area contributed by atoms with Gasteiger partial charge in [0, 0.05) is 24.8 Å². The summed E-state index contributed by atoms with van der Waals surface area (Å²) in [5, 5.41) is 2.81. The molecule has 0 unspecified atom stereocenters. The Morgan fingerprint density at radius 3 is 2.41 bits per heavy atom. The van der Waals surface area contributed by atoms with Crippen LogP contribution in [0.4, 0.5) is 5.69 Å². The molecule has 1 N–H and O–H groups in total. The number of likely N-dealkylation sites (tertiary alicyclic amines) is 1. The summed E-state index contributed by atoms with van der Waals surface area (Å²) in [6, 6.07) is 8.41. The standard InChI is InChI=1S/C20H29N3O2S2/c1-14-8-10-17(11-9-14)21-18(24)12-22(4)19(25)13-27-20(26)23-15(2)6-5-7-16(23)3/h8-11,15-16H,5-7,12-13H2,1-4H3,(H,21,24)/t15-,16+. The zero-order valence-electron chi connectivity index (χ0n) is 16.5. The Balaban J connectivity index is 1.78. The van der Waals surface area contributed by atoms with Crippen LogP contribution in [-0.4, -0.2) is 57.4 Å². The molecular weight excluding hydrogens is 378 g/mol. The molecule has 0 aliphatic carbocycles. The normalized spacial score (nSPS) is 19.5. The molecule has 2 amide bonds. The Bertz CT molecular complexity index is 668. The Morgan fingerprint density at radius 1 is 1.22 bits per heavy atom. The number of hydrogen-bond donors (Lipinski definition) is 1. The number of thioether (sulfide) groups is 1. The second-order valence-corrected chi connectivity index (χ2v) is 8.86. The van der Waals surface area contributed by atoms with E-state index in [1.165, 1.54) is 23.1 Å². The first-order chi connectivity index (χ1) is 12.8. The van der Waals surface area contributed by atoms with Gasteiger partial charge in [-0.15, -0.1) is 0 Å². The summed E-state index contributed by atoms with van der Waals surface area (Å²) in [5.74, 6) is -0.0532. The van der Waals surface area contributed by atoms with Gasteiger partial charge < -0.3 is 15.1 Å². The highest BCUT2D eigenvalue weighted by molar-refractivity contribution is 8.23. The van der Waals surface area contributed by atoms with E-state index in [9.17, 15) is 9.59 Å².